The van der Waals surface area contributed by atoms with Gasteiger partial charge < -0.3 is 9.88 Å². The van der Waals surface area contributed by atoms with Crippen molar-refractivity contribution in [2.75, 3.05) is 5.32 Å². The van der Waals surface area contributed by atoms with Crippen LogP contribution in [0.1, 0.15) is 50.1 Å². The summed E-state index contributed by atoms with van der Waals surface area (Å²) >= 11 is 1.43. The first kappa shape index (κ1) is 21.1. The van der Waals surface area contributed by atoms with Crippen LogP contribution in [-0.2, 0) is 11.3 Å². The van der Waals surface area contributed by atoms with Gasteiger partial charge >= 0.3 is 0 Å². The summed E-state index contributed by atoms with van der Waals surface area (Å²) in [6.45, 7) is 8.87. The molecule has 1 amide bonds. The molecule has 152 valence electrons. The van der Waals surface area contributed by atoms with E-state index in [1.165, 1.54) is 22.9 Å². The molecule has 0 bridgehead atoms. The van der Waals surface area contributed by atoms with Crippen molar-refractivity contribution >= 4 is 23.4 Å². The Labute approximate surface area is 176 Å². The van der Waals surface area contributed by atoms with Crippen molar-refractivity contribution in [3.8, 4) is 0 Å². The van der Waals surface area contributed by atoms with Crippen LogP contribution in [0.15, 0.2) is 59.8 Å². The topological polar surface area (TPSA) is 59.8 Å². The van der Waals surface area contributed by atoms with Crippen molar-refractivity contribution in [1.82, 2.24) is 14.8 Å². The maximum Gasteiger partial charge on any atom is 0.237 e. The van der Waals surface area contributed by atoms with E-state index < -0.39 is 0 Å². The highest BCUT2D eigenvalue weighted by atomic mass is 32.2. The summed E-state index contributed by atoms with van der Waals surface area (Å²) < 4.78 is 2.05. The molecule has 1 aromatic heterocycles. The lowest BCUT2D eigenvalue weighted by Crippen LogP contribution is -2.24. The van der Waals surface area contributed by atoms with Gasteiger partial charge in [-0.15, -0.1) is 10.2 Å². The largest absolute Gasteiger partial charge is 0.325 e. The van der Waals surface area contributed by atoms with Crippen molar-refractivity contribution in [3.05, 3.63) is 71.5 Å². The van der Waals surface area contributed by atoms with Crippen LogP contribution in [-0.4, -0.2) is 25.9 Å². The van der Waals surface area contributed by atoms with Gasteiger partial charge in [0.1, 0.15) is 5.82 Å². The molecule has 0 fully saturated rings. The van der Waals surface area contributed by atoms with Crippen molar-refractivity contribution in [1.29, 1.82) is 0 Å². The second kappa shape index (κ2) is 9.74. The maximum absolute atomic E-state index is 12.9. The lowest BCUT2D eigenvalue weighted by Gasteiger charge is -2.18. The van der Waals surface area contributed by atoms with E-state index in [9.17, 15) is 4.79 Å². The number of aromatic nitrogens is 3. The Balaban J connectivity index is 1.71. The number of nitrogens with zero attached hydrogens (tertiary/aromatic N) is 3. The smallest absolute Gasteiger partial charge is 0.237 e. The molecule has 1 heterocycles. The van der Waals surface area contributed by atoms with E-state index in [1.54, 1.807) is 0 Å². The fourth-order valence-electron chi connectivity index (χ4n) is 3.10. The average Bonchev–Trinajstić information content (AvgIpc) is 3.07. The summed E-state index contributed by atoms with van der Waals surface area (Å²) in [5.41, 5.74) is 3.24. The normalized spacial score (nSPS) is 13.1. The predicted molar refractivity (Wildman–Crippen MR) is 119 cm³/mol. The Hall–Kier alpha value is -2.60. The molecule has 2 aromatic carbocycles. The number of hydrogen-bond acceptors (Lipinski definition) is 4. The zero-order valence-corrected chi connectivity index (χ0v) is 18.2. The summed E-state index contributed by atoms with van der Waals surface area (Å²) in [6.07, 6.45) is 1.03. The third-order valence-corrected chi connectivity index (χ3v) is 6.18. The summed E-state index contributed by atoms with van der Waals surface area (Å²) in [5.74, 6) is 1.20. The van der Waals surface area contributed by atoms with Gasteiger partial charge in [-0.3, -0.25) is 4.79 Å². The summed E-state index contributed by atoms with van der Waals surface area (Å²) in [7, 11) is 0. The van der Waals surface area contributed by atoms with E-state index in [-0.39, 0.29) is 11.2 Å². The average molecular weight is 409 g/mol. The third kappa shape index (κ3) is 5.26. The van der Waals surface area contributed by atoms with Crippen LogP contribution < -0.4 is 5.32 Å². The van der Waals surface area contributed by atoms with Crippen molar-refractivity contribution in [2.24, 2.45) is 0 Å². The quantitative estimate of drug-likeness (QED) is 0.516. The first-order valence-corrected chi connectivity index (χ1v) is 10.9. The minimum absolute atomic E-state index is 0.0299. The molecule has 0 saturated carbocycles. The number of para-hydroxylation sites is 1. The van der Waals surface area contributed by atoms with Gasteiger partial charge in [0.05, 0.1) is 11.8 Å². The van der Waals surface area contributed by atoms with Gasteiger partial charge in [0.25, 0.3) is 0 Å². The number of anilines is 1. The van der Waals surface area contributed by atoms with Crippen molar-refractivity contribution < 1.29 is 4.79 Å². The number of hydrogen-bond donors (Lipinski definition) is 1. The lowest BCUT2D eigenvalue weighted by molar-refractivity contribution is -0.115. The number of rotatable bonds is 8. The first-order chi connectivity index (χ1) is 14.0. The number of carbonyl (C=O) groups is 1. The fourth-order valence-corrected chi connectivity index (χ4v) is 4.00. The number of aryl methyl sites for hydroxylation is 1. The molecule has 0 aliphatic rings. The predicted octanol–water partition coefficient (Wildman–Crippen LogP) is 5.27. The van der Waals surface area contributed by atoms with Gasteiger partial charge in [-0.25, -0.2) is 0 Å². The molecule has 3 rings (SSSR count). The van der Waals surface area contributed by atoms with Crippen LogP contribution >= 0.6 is 11.8 Å². The molecule has 0 saturated heterocycles. The van der Waals surface area contributed by atoms with Crippen LogP contribution in [0.3, 0.4) is 0 Å². The maximum atomic E-state index is 12.9. The molecule has 0 unspecified atom stereocenters. The van der Waals surface area contributed by atoms with Crippen LogP contribution in [0, 0.1) is 6.92 Å². The second-order valence-corrected chi connectivity index (χ2v) is 8.56. The molecular weight excluding hydrogens is 380 g/mol. The van der Waals surface area contributed by atoms with Gasteiger partial charge in [0.2, 0.25) is 5.91 Å². The molecular formula is C23H28N4OS. The summed E-state index contributed by atoms with van der Waals surface area (Å²) in [5, 5.41) is 12.1. The Morgan fingerprint density at radius 1 is 1.07 bits per heavy atom. The SMILES string of the molecule is CC[C@@H](C)c1ccccc1NC(=O)[C@H](C)Sc1nnc(C)n1Cc1ccccc1. The number of amides is 1. The van der Waals surface area contributed by atoms with Gasteiger partial charge in [-0.2, -0.15) is 0 Å². The first-order valence-electron chi connectivity index (χ1n) is 9.99. The van der Waals surface area contributed by atoms with Gasteiger partial charge in [-0.05, 0) is 43.4 Å². The monoisotopic (exact) mass is 408 g/mol. The summed E-state index contributed by atoms with van der Waals surface area (Å²) in [4.78, 5) is 12.9. The Morgan fingerprint density at radius 2 is 1.76 bits per heavy atom. The summed E-state index contributed by atoms with van der Waals surface area (Å²) in [6, 6.07) is 18.2. The van der Waals surface area contributed by atoms with E-state index >= 15 is 0 Å². The van der Waals surface area contributed by atoms with Gasteiger partial charge in [0, 0.05) is 5.69 Å². The Kier molecular flexibility index (Phi) is 7.09. The third-order valence-electron chi connectivity index (χ3n) is 5.10. The fraction of sp³-hybridized carbons (Fsp3) is 0.348. The van der Waals surface area contributed by atoms with E-state index in [0.29, 0.717) is 12.5 Å². The highest BCUT2D eigenvalue weighted by Crippen LogP contribution is 2.28. The Morgan fingerprint density at radius 3 is 2.48 bits per heavy atom. The number of benzene rings is 2. The molecule has 0 aliphatic carbocycles. The zero-order valence-electron chi connectivity index (χ0n) is 17.4. The molecule has 5 nitrogen and oxygen atoms in total. The van der Waals surface area contributed by atoms with Crippen LogP contribution in [0.5, 0.6) is 0 Å². The number of thioether (sulfide) groups is 1. The molecule has 29 heavy (non-hydrogen) atoms. The van der Waals surface area contributed by atoms with E-state index in [1.807, 2.05) is 50.2 Å². The minimum Gasteiger partial charge on any atom is -0.325 e. The highest BCUT2D eigenvalue weighted by Gasteiger charge is 2.20. The minimum atomic E-state index is -0.293. The van der Waals surface area contributed by atoms with E-state index in [0.717, 1.165) is 23.1 Å². The van der Waals surface area contributed by atoms with Crippen molar-refractivity contribution in [2.45, 2.75) is 57.0 Å². The molecule has 2 atom stereocenters. The number of nitrogens with one attached hydrogen (secondary N) is 1. The molecule has 1 N–H and O–H groups in total. The zero-order chi connectivity index (χ0) is 20.8. The lowest BCUT2D eigenvalue weighted by atomic mass is 9.97. The van der Waals surface area contributed by atoms with Crippen LogP contribution in [0.2, 0.25) is 0 Å². The molecule has 6 heteroatoms. The van der Waals surface area contributed by atoms with Crippen LogP contribution in [0.4, 0.5) is 5.69 Å². The molecule has 0 radical (unpaired) electrons. The molecule has 0 aliphatic heterocycles. The molecule has 3 aromatic rings. The highest BCUT2D eigenvalue weighted by molar-refractivity contribution is 8.00. The van der Waals surface area contributed by atoms with Gasteiger partial charge in [-0.1, -0.05) is 74.1 Å². The molecule has 0 spiro atoms. The standard InChI is InChI=1S/C23H28N4OS/c1-5-16(2)20-13-9-10-14-21(20)24-22(28)17(3)29-23-26-25-18(4)27(23)15-19-11-7-6-8-12-19/h6-14,16-17H,5,15H2,1-4H3,(H,24,28)/t16-,17+/m1/s1. The van der Waals surface area contributed by atoms with E-state index in [4.69, 9.17) is 0 Å². The second-order valence-electron chi connectivity index (χ2n) is 7.25. The van der Waals surface area contributed by atoms with E-state index in [2.05, 4.69) is 52.1 Å². The van der Waals surface area contributed by atoms with Gasteiger partial charge in [0.15, 0.2) is 5.16 Å². The number of carbonyl (C=O) groups excluding carboxylic acids is 1. The Bertz CT molecular complexity index is 955. The van der Waals surface area contributed by atoms with Crippen molar-refractivity contribution in [3.63, 3.8) is 0 Å². The van der Waals surface area contributed by atoms with Crippen LogP contribution in [0.25, 0.3) is 0 Å².